The number of hydrogen-bond acceptors (Lipinski definition) is 0. The molecule has 56 valence electrons. The van der Waals surface area contributed by atoms with Crippen LogP contribution in [0.3, 0.4) is 0 Å². The van der Waals surface area contributed by atoms with E-state index in [1.807, 2.05) is 20.8 Å². The Bertz CT molecular complexity index is 73.3. The topological polar surface area (TPSA) is 0 Å². The molecule has 0 fully saturated rings. The molecule has 0 aromatic carbocycles. The number of rotatable bonds is 3. The highest BCUT2D eigenvalue weighted by Gasteiger charge is 2.20. The predicted octanol–water partition coefficient (Wildman–Crippen LogP) is 2.89. The molecule has 0 nitrogen and oxygen atoms in total. The van der Waals surface area contributed by atoms with Crippen molar-refractivity contribution in [2.45, 2.75) is 45.2 Å². The van der Waals surface area contributed by atoms with E-state index in [9.17, 15) is 4.11 Å². The first-order valence-electron chi connectivity index (χ1n) is 3.73. The van der Waals surface area contributed by atoms with Gasteiger partial charge in [-0.25, -0.2) is 0 Å². The van der Waals surface area contributed by atoms with Gasteiger partial charge in [-0.2, -0.15) is 0 Å². The van der Waals surface area contributed by atoms with Crippen molar-refractivity contribution >= 4 is 9.13 Å². The lowest BCUT2D eigenvalue weighted by Crippen LogP contribution is -2.15. The quantitative estimate of drug-likeness (QED) is 0.426. The second-order valence-electron chi connectivity index (χ2n) is 3.07. The van der Waals surface area contributed by atoms with Crippen LogP contribution in [0.2, 0.25) is 11.1 Å². The van der Waals surface area contributed by atoms with Gasteiger partial charge in [-0.05, 0) is 11.1 Å². The van der Waals surface area contributed by atoms with Crippen LogP contribution in [-0.2, 0) is 0 Å². The minimum Gasteiger partial charge on any atom is -0.318 e. The summed E-state index contributed by atoms with van der Waals surface area (Å²) in [4.78, 5) is 0. The van der Waals surface area contributed by atoms with Gasteiger partial charge >= 0.3 is 0 Å². The first kappa shape index (κ1) is 9.15. The fraction of sp³-hybridized carbons (Fsp3) is 1.00. The Morgan fingerprint density at radius 3 is 1.89 bits per heavy atom. The Hall–Kier alpha value is 0.147. The third kappa shape index (κ3) is 2.99. The van der Waals surface area contributed by atoms with Gasteiger partial charge in [0.2, 0.25) is 9.13 Å². The minimum atomic E-state index is -1.87. The Balaban J connectivity index is 3.58. The Morgan fingerprint density at radius 1 is 1.33 bits per heavy atom. The molecule has 0 aliphatic heterocycles. The van der Waals surface area contributed by atoms with Crippen LogP contribution in [0, 0.1) is 0 Å². The lowest BCUT2D eigenvalue weighted by atomic mass is 10.4. The zero-order valence-electron chi connectivity index (χ0n) is 6.82. The summed E-state index contributed by atoms with van der Waals surface area (Å²) < 4.78 is 13.1. The summed E-state index contributed by atoms with van der Waals surface area (Å²) in [6.07, 6.45) is 1.01. The number of hydrogen-bond donors (Lipinski definition) is 0. The zero-order chi connectivity index (χ0) is 7.44. The smallest absolute Gasteiger partial charge is 0.237 e. The molecule has 0 N–H and O–H groups in total. The lowest BCUT2D eigenvalue weighted by molar-refractivity contribution is 0.694. The summed E-state index contributed by atoms with van der Waals surface area (Å²) in [6, 6.07) is 0. The van der Waals surface area contributed by atoms with E-state index >= 15 is 0 Å². The van der Waals surface area contributed by atoms with E-state index in [2.05, 4.69) is 6.92 Å². The van der Waals surface area contributed by atoms with E-state index in [1.165, 1.54) is 0 Å². The Labute approximate surface area is 59.2 Å². The fourth-order valence-electron chi connectivity index (χ4n) is 0.882. The van der Waals surface area contributed by atoms with Crippen molar-refractivity contribution in [3.8, 4) is 0 Å². The summed E-state index contributed by atoms with van der Waals surface area (Å²) in [7, 11) is -1.87. The minimum absolute atomic E-state index is 0.319. The molecular weight excluding hydrogens is 131 g/mol. The first-order chi connectivity index (χ1) is 4.09. The Kier molecular flexibility index (Phi) is 4.11. The van der Waals surface area contributed by atoms with Crippen LogP contribution in [0.5, 0.6) is 0 Å². The fourth-order valence-corrected chi connectivity index (χ4v) is 2.65. The maximum absolute atomic E-state index is 13.1. The van der Waals surface area contributed by atoms with Gasteiger partial charge in [0.05, 0.1) is 0 Å². The third-order valence-corrected chi connectivity index (χ3v) is 4.66. The van der Waals surface area contributed by atoms with Crippen LogP contribution >= 0.6 is 0 Å². The largest absolute Gasteiger partial charge is 0.318 e. The van der Waals surface area contributed by atoms with Gasteiger partial charge in [0.15, 0.2) is 0 Å². The van der Waals surface area contributed by atoms with Gasteiger partial charge in [0, 0.05) is 0 Å². The predicted molar refractivity (Wildman–Crippen MR) is 43.1 cm³/mol. The molecule has 0 aromatic heterocycles. The van der Waals surface area contributed by atoms with Gasteiger partial charge < -0.3 is 4.11 Å². The van der Waals surface area contributed by atoms with E-state index in [-0.39, 0.29) is 0 Å². The van der Waals surface area contributed by atoms with Crippen LogP contribution in [0.1, 0.15) is 34.1 Å². The monoisotopic (exact) mass is 148 g/mol. The summed E-state index contributed by atoms with van der Waals surface area (Å²) in [5.74, 6) is 0. The van der Waals surface area contributed by atoms with Gasteiger partial charge in [-0.1, -0.05) is 34.1 Å². The van der Waals surface area contributed by atoms with Crippen molar-refractivity contribution in [2.24, 2.45) is 0 Å². The molecule has 2 atom stereocenters. The van der Waals surface area contributed by atoms with Crippen molar-refractivity contribution in [3.05, 3.63) is 0 Å². The zero-order valence-corrected chi connectivity index (χ0v) is 7.97. The van der Waals surface area contributed by atoms with Crippen molar-refractivity contribution in [1.29, 1.82) is 0 Å². The maximum Gasteiger partial charge on any atom is 0.237 e. The molecule has 0 saturated carbocycles. The van der Waals surface area contributed by atoms with E-state index in [0.717, 1.165) is 6.42 Å². The van der Waals surface area contributed by atoms with Crippen LogP contribution in [0.25, 0.3) is 0 Å². The van der Waals surface area contributed by atoms with Gasteiger partial charge in [-0.15, -0.1) is 0 Å². The molecule has 0 rings (SSSR count). The van der Waals surface area contributed by atoms with Crippen molar-refractivity contribution in [3.63, 3.8) is 0 Å². The third-order valence-electron chi connectivity index (χ3n) is 1.82. The van der Waals surface area contributed by atoms with E-state index in [0.29, 0.717) is 11.1 Å². The molecule has 0 saturated heterocycles. The maximum atomic E-state index is 13.1. The number of halogens is 1. The molecule has 0 radical (unpaired) electrons. The van der Waals surface area contributed by atoms with Crippen molar-refractivity contribution in [2.75, 3.05) is 0 Å². The molecule has 0 aliphatic rings. The molecule has 0 bridgehead atoms. The second kappa shape index (κ2) is 4.04. The van der Waals surface area contributed by atoms with Crippen LogP contribution in [-0.4, -0.2) is 9.13 Å². The van der Waals surface area contributed by atoms with Crippen LogP contribution in [0.15, 0.2) is 0 Å². The molecule has 0 spiro atoms. The molecule has 9 heavy (non-hydrogen) atoms. The van der Waals surface area contributed by atoms with Gasteiger partial charge in [0.25, 0.3) is 0 Å². The van der Waals surface area contributed by atoms with E-state index in [4.69, 9.17) is 0 Å². The molecule has 0 aromatic rings. The summed E-state index contributed by atoms with van der Waals surface area (Å²) in [5.41, 5.74) is 0.685. The Morgan fingerprint density at radius 2 is 1.78 bits per heavy atom. The van der Waals surface area contributed by atoms with E-state index in [1.54, 1.807) is 0 Å². The highest BCUT2D eigenvalue weighted by atomic mass is 28.3. The van der Waals surface area contributed by atoms with Gasteiger partial charge in [0.1, 0.15) is 0 Å². The van der Waals surface area contributed by atoms with Gasteiger partial charge in [-0.3, -0.25) is 0 Å². The average molecular weight is 148 g/mol. The highest BCUT2D eigenvalue weighted by Crippen LogP contribution is 2.23. The molecule has 0 amide bonds. The molecule has 2 heteroatoms. The SMILES string of the molecule is CCC(C)[SiH](F)C(C)C. The average Bonchev–Trinajstić information content (AvgIpc) is 1.84. The molecule has 0 heterocycles. The first-order valence-corrected chi connectivity index (χ1v) is 5.50. The van der Waals surface area contributed by atoms with Crippen LogP contribution < -0.4 is 0 Å². The van der Waals surface area contributed by atoms with E-state index < -0.39 is 9.13 Å². The normalized spacial score (nSPS) is 18.0. The van der Waals surface area contributed by atoms with Crippen molar-refractivity contribution < 1.29 is 4.11 Å². The standard InChI is InChI=1S/C7H17FSi/c1-5-7(4)9(8)6(2)3/h6-7,9H,5H2,1-4H3. The van der Waals surface area contributed by atoms with Crippen molar-refractivity contribution in [1.82, 2.24) is 0 Å². The summed E-state index contributed by atoms with van der Waals surface area (Å²) >= 11 is 0. The molecule has 2 unspecified atom stereocenters. The van der Waals surface area contributed by atoms with Crippen LogP contribution in [0.4, 0.5) is 4.11 Å². The highest BCUT2D eigenvalue weighted by molar-refractivity contribution is 6.54. The molecule has 0 aliphatic carbocycles. The summed E-state index contributed by atoms with van der Waals surface area (Å²) in [5, 5.41) is 0. The summed E-state index contributed by atoms with van der Waals surface area (Å²) in [6.45, 7) is 8.07. The second-order valence-corrected chi connectivity index (χ2v) is 6.43. The lowest BCUT2D eigenvalue weighted by Gasteiger charge is -2.15. The molecular formula is C7H17FSi.